The Morgan fingerprint density at radius 1 is 1.30 bits per heavy atom. The SMILES string of the molecule is CCc1ccccc1CNC(=NC)NCCOCC1CCCO1. The second-order valence-electron chi connectivity index (χ2n) is 5.68. The molecule has 0 radical (unpaired) electrons. The molecule has 23 heavy (non-hydrogen) atoms. The number of rotatable bonds is 8. The summed E-state index contributed by atoms with van der Waals surface area (Å²) in [6, 6.07) is 8.49. The van der Waals surface area contributed by atoms with Crippen molar-refractivity contribution in [1.29, 1.82) is 0 Å². The van der Waals surface area contributed by atoms with Crippen LogP contribution in [-0.2, 0) is 22.4 Å². The summed E-state index contributed by atoms with van der Waals surface area (Å²) in [5, 5.41) is 6.63. The van der Waals surface area contributed by atoms with Crippen molar-refractivity contribution in [2.45, 2.75) is 38.8 Å². The third-order valence-corrected chi connectivity index (χ3v) is 4.04. The Balaban J connectivity index is 1.63. The largest absolute Gasteiger partial charge is 0.377 e. The average molecular weight is 319 g/mol. The van der Waals surface area contributed by atoms with Crippen molar-refractivity contribution in [2.24, 2.45) is 4.99 Å². The number of aliphatic imine (C=N–C) groups is 1. The Hall–Kier alpha value is -1.59. The number of guanidine groups is 1. The molecular formula is C18H29N3O2. The molecule has 0 aromatic heterocycles. The molecule has 0 aliphatic carbocycles. The van der Waals surface area contributed by atoms with Crippen LogP contribution in [0.5, 0.6) is 0 Å². The van der Waals surface area contributed by atoms with Crippen LogP contribution in [0.15, 0.2) is 29.3 Å². The molecule has 0 amide bonds. The lowest BCUT2D eigenvalue weighted by Gasteiger charge is -2.14. The zero-order valence-electron chi connectivity index (χ0n) is 14.3. The van der Waals surface area contributed by atoms with E-state index in [1.54, 1.807) is 7.05 Å². The number of hydrogen-bond acceptors (Lipinski definition) is 3. The molecular weight excluding hydrogens is 290 g/mol. The van der Waals surface area contributed by atoms with E-state index in [1.807, 2.05) is 0 Å². The first-order valence-corrected chi connectivity index (χ1v) is 8.54. The molecule has 1 saturated heterocycles. The van der Waals surface area contributed by atoms with Crippen LogP contribution < -0.4 is 10.6 Å². The molecule has 0 spiro atoms. The van der Waals surface area contributed by atoms with Crippen molar-refractivity contribution in [3.05, 3.63) is 35.4 Å². The normalized spacial score (nSPS) is 18.2. The second-order valence-corrected chi connectivity index (χ2v) is 5.68. The lowest BCUT2D eigenvalue weighted by Crippen LogP contribution is -2.38. The number of aryl methyl sites for hydroxylation is 1. The molecule has 1 aliphatic heterocycles. The molecule has 5 heteroatoms. The zero-order chi connectivity index (χ0) is 16.3. The summed E-state index contributed by atoms with van der Waals surface area (Å²) in [6.07, 6.45) is 3.61. The van der Waals surface area contributed by atoms with Crippen molar-refractivity contribution >= 4 is 5.96 Å². The predicted molar refractivity (Wildman–Crippen MR) is 93.8 cm³/mol. The van der Waals surface area contributed by atoms with E-state index in [0.717, 1.165) is 44.9 Å². The van der Waals surface area contributed by atoms with Crippen molar-refractivity contribution < 1.29 is 9.47 Å². The van der Waals surface area contributed by atoms with E-state index in [9.17, 15) is 0 Å². The minimum Gasteiger partial charge on any atom is -0.377 e. The lowest BCUT2D eigenvalue weighted by atomic mass is 10.1. The highest BCUT2D eigenvalue weighted by Crippen LogP contribution is 2.11. The highest BCUT2D eigenvalue weighted by Gasteiger charge is 2.14. The Kier molecular flexibility index (Phi) is 7.90. The molecule has 1 heterocycles. The van der Waals surface area contributed by atoms with Crippen LogP contribution in [0.1, 0.15) is 30.9 Å². The highest BCUT2D eigenvalue weighted by atomic mass is 16.5. The van der Waals surface area contributed by atoms with Crippen LogP contribution in [0.25, 0.3) is 0 Å². The maximum atomic E-state index is 5.64. The van der Waals surface area contributed by atoms with Crippen molar-refractivity contribution in [3.8, 4) is 0 Å². The standard InChI is InChI=1S/C18H29N3O2/c1-3-15-7-4-5-8-16(15)13-21-18(19-2)20-10-12-22-14-17-9-6-11-23-17/h4-5,7-8,17H,3,6,9-14H2,1-2H3,(H2,19,20,21). The molecule has 2 rings (SSSR count). The summed E-state index contributed by atoms with van der Waals surface area (Å²) in [4.78, 5) is 4.25. The van der Waals surface area contributed by atoms with Crippen molar-refractivity contribution in [3.63, 3.8) is 0 Å². The minimum atomic E-state index is 0.290. The fourth-order valence-electron chi connectivity index (χ4n) is 2.71. The monoisotopic (exact) mass is 319 g/mol. The summed E-state index contributed by atoms with van der Waals surface area (Å²) in [6.45, 7) is 5.92. The van der Waals surface area contributed by atoms with Gasteiger partial charge in [0, 0.05) is 26.7 Å². The Morgan fingerprint density at radius 2 is 2.13 bits per heavy atom. The van der Waals surface area contributed by atoms with Gasteiger partial charge in [-0.25, -0.2) is 0 Å². The predicted octanol–water partition coefficient (Wildman–Crippen LogP) is 2.11. The Labute approximate surface area is 139 Å². The maximum Gasteiger partial charge on any atom is 0.191 e. The smallest absolute Gasteiger partial charge is 0.191 e. The quantitative estimate of drug-likeness (QED) is 0.438. The van der Waals surface area contributed by atoms with E-state index < -0.39 is 0 Å². The van der Waals surface area contributed by atoms with E-state index in [4.69, 9.17) is 9.47 Å². The first kappa shape index (κ1) is 17.8. The van der Waals surface area contributed by atoms with Gasteiger partial charge in [0.1, 0.15) is 0 Å². The molecule has 2 N–H and O–H groups in total. The summed E-state index contributed by atoms with van der Waals surface area (Å²) < 4.78 is 11.2. The van der Waals surface area contributed by atoms with E-state index in [2.05, 4.69) is 46.8 Å². The number of hydrogen-bond donors (Lipinski definition) is 2. The third-order valence-electron chi connectivity index (χ3n) is 4.04. The first-order valence-electron chi connectivity index (χ1n) is 8.54. The second kappa shape index (κ2) is 10.2. The number of nitrogens with zero attached hydrogens (tertiary/aromatic N) is 1. The van der Waals surface area contributed by atoms with Crippen molar-refractivity contribution in [1.82, 2.24) is 10.6 Å². The fourth-order valence-corrected chi connectivity index (χ4v) is 2.71. The van der Waals surface area contributed by atoms with E-state index in [0.29, 0.717) is 13.2 Å². The van der Waals surface area contributed by atoms with Crippen LogP contribution in [-0.4, -0.2) is 45.5 Å². The molecule has 0 saturated carbocycles. The molecule has 1 fully saturated rings. The molecule has 0 bridgehead atoms. The van der Waals surface area contributed by atoms with Crippen LogP contribution in [0.4, 0.5) is 0 Å². The van der Waals surface area contributed by atoms with Gasteiger partial charge in [-0.15, -0.1) is 0 Å². The topological polar surface area (TPSA) is 54.9 Å². The molecule has 1 unspecified atom stereocenters. The number of nitrogens with one attached hydrogen (secondary N) is 2. The highest BCUT2D eigenvalue weighted by molar-refractivity contribution is 5.79. The molecule has 128 valence electrons. The van der Waals surface area contributed by atoms with E-state index in [-0.39, 0.29) is 6.10 Å². The van der Waals surface area contributed by atoms with Crippen LogP contribution in [0.2, 0.25) is 0 Å². The van der Waals surface area contributed by atoms with Crippen LogP contribution in [0.3, 0.4) is 0 Å². The maximum absolute atomic E-state index is 5.64. The van der Waals surface area contributed by atoms with Gasteiger partial charge in [-0.2, -0.15) is 0 Å². The summed E-state index contributed by atoms with van der Waals surface area (Å²) in [5.41, 5.74) is 2.68. The van der Waals surface area contributed by atoms with Gasteiger partial charge in [-0.3, -0.25) is 4.99 Å². The number of ether oxygens (including phenoxy) is 2. The first-order chi connectivity index (χ1) is 11.3. The van der Waals surface area contributed by atoms with Gasteiger partial charge in [0.2, 0.25) is 0 Å². The van der Waals surface area contributed by atoms with Gasteiger partial charge in [-0.05, 0) is 30.4 Å². The third kappa shape index (κ3) is 6.20. The van der Waals surface area contributed by atoms with Gasteiger partial charge in [0.25, 0.3) is 0 Å². The summed E-state index contributed by atoms with van der Waals surface area (Å²) >= 11 is 0. The molecule has 1 aliphatic rings. The zero-order valence-corrected chi connectivity index (χ0v) is 14.3. The Bertz CT molecular complexity index is 485. The average Bonchev–Trinajstić information content (AvgIpc) is 3.11. The van der Waals surface area contributed by atoms with Gasteiger partial charge < -0.3 is 20.1 Å². The summed E-state index contributed by atoms with van der Waals surface area (Å²) in [7, 11) is 1.79. The molecule has 1 aromatic carbocycles. The molecule has 1 aromatic rings. The summed E-state index contributed by atoms with van der Waals surface area (Å²) in [5.74, 6) is 0.802. The molecule has 5 nitrogen and oxygen atoms in total. The van der Waals surface area contributed by atoms with Gasteiger partial charge in [0.15, 0.2) is 5.96 Å². The van der Waals surface area contributed by atoms with Crippen LogP contribution in [0, 0.1) is 0 Å². The van der Waals surface area contributed by atoms with E-state index >= 15 is 0 Å². The minimum absolute atomic E-state index is 0.290. The van der Waals surface area contributed by atoms with Gasteiger partial charge in [-0.1, -0.05) is 31.2 Å². The van der Waals surface area contributed by atoms with Gasteiger partial charge >= 0.3 is 0 Å². The fraction of sp³-hybridized carbons (Fsp3) is 0.611. The molecule has 1 atom stereocenters. The van der Waals surface area contributed by atoms with E-state index in [1.165, 1.54) is 11.1 Å². The van der Waals surface area contributed by atoms with Gasteiger partial charge in [0.05, 0.1) is 19.3 Å². The van der Waals surface area contributed by atoms with Crippen LogP contribution >= 0.6 is 0 Å². The van der Waals surface area contributed by atoms with Crippen molar-refractivity contribution in [2.75, 3.05) is 33.4 Å². The number of benzene rings is 1. The Morgan fingerprint density at radius 3 is 2.83 bits per heavy atom. The lowest BCUT2D eigenvalue weighted by molar-refractivity contribution is 0.0191.